The van der Waals surface area contributed by atoms with E-state index in [1.165, 1.54) is 17.7 Å². The fourth-order valence-corrected chi connectivity index (χ4v) is 1.79. The molecular weight excluding hydrogens is 224 g/mol. The van der Waals surface area contributed by atoms with Crippen LogP contribution in [0.5, 0.6) is 0 Å². The van der Waals surface area contributed by atoms with Crippen LogP contribution in [-0.2, 0) is 11.8 Å². The van der Waals surface area contributed by atoms with Gasteiger partial charge in [0, 0.05) is 20.0 Å². The van der Waals surface area contributed by atoms with E-state index in [1.807, 2.05) is 0 Å². The second kappa shape index (κ2) is 3.62. The molecule has 0 unspecified atom stereocenters. The predicted molar refractivity (Wildman–Crippen MR) is 62.6 cm³/mol. The third kappa shape index (κ3) is 1.65. The molecule has 0 aliphatic carbocycles. The summed E-state index contributed by atoms with van der Waals surface area (Å²) >= 11 is 0. The molecule has 0 saturated heterocycles. The molecule has 2 N–H and O–H groups in total. The summed E-state index contributed by atoms with van der Waals surface area (Å²) in [6.07, 6.45) is 0. The van der Waals surface area contributed by atoms with Gasteiger partial charge in [-0.25, -0.2) is 4.68 Å². The smallest absolute Gasteiger partial charge is 0.275 e. The first-order valence-electron chi connectivity index (χ1n) is 5.00. The monoisotopic (exact) mass is 236 g/mol. The van der Waals surface area contributed by atoms with E-state index in [1.54, 1.807) is 14.0 Å². The third-order valence-electron chi connectivity index (χ3n) is 2.53. The van der Waals surface area contributed by atoms with E-state index in [0.29, 0.717) is 16.6 Å². The van der Waals surface area contributed by atoms with Crippen LogP contribution >= 0.6 is 0 Å². The number of carbonyl (C=O) groups excluding carboxylic acids is 1. The Bertz CT molecular complexity index is 719. The summed E-state index contributed by atoms with van der Waals surface area (Å²) in [5.41, 5.74) is 2.60. The summed E-state index contributed by atoms with van der Waals surface area (Å²) in [4.78, 5) is 34.5. The zero-order chi connectivity index (χ0) is 12.7. The number of nitrogens with zero attached hydrogens (tertiary/aromatic N) is 2. The van der Waals surface area contributed by atoms with Gasteiger partial charge in [-0.05, 0) is 6.92 Å². The Morgan fingerprint density at radius 2 is 2.06 bits per heavy atom. The highest BCUT2D eigenvalue weighted by atomic mass is 16.2. The van der Waals surface area contributed by atoms with Crippen LogP contribution in [-0.4, -0.2) is 20.4 Å². The lowest BCUT2D eigenvalue weighted by atomic mass is 10.2. The van der Waals surface area contributed by atoms with Crippen LogP contribution in [0.4, 0.5) is 0 Å². The molecule has 2 aromatic rings. The SMILES string of the molecule is CC(=O)Nn1c(C)c2c(=O)n(C)[nH]c2cc1=O. The minimum absolute atomic E-state index is 0.239. The van der Waals surface area contributed by atoms with Crippen molar-refractivity contribution in [1.82, 2.24) is 14.5 Å². The topological polar surface area (TPSA) is 88.9 Å². The number of aromatic nitrogens is 3. The third-order valence-corrected chi connectivity index (χ3v) is 2.53. The van der Waals surface area contributed by atoms with E-state index in [4.69, 9.17) is 0 Å². The summed E-state index contributed by atoms with van der Waals surface area (Å²) < 4.78 is 2.36. The number of fused-ring (bicyclic) bond motifs is 1. The van der Waals surface area contributed by atoms with Crippen molar-refractivity contribution in [3.05, 3.63) is 32.5 Å². The summed E-state index contributed by atoms with van der Waals surface area (Å²) in [7, 11) is 1.56. The number of rotatable bonds is 1. The average Bonchev–Trinajstić information content (AvgIpc) is 2.49. The molecule has 2 heterocycles. The molecule has 0 aromatic carbocycles. The Labute approximate surface area is 95.6 Å². The van der Waals surface area contributed by atoms with Crippen LogP contribution in [0.3, 0.4) is 0 Å². The number of pyridine rings is 1. The van der Waals surface area contributed by atoms with E-state index in [-0.39, 0.29) is 11.5 Å². The van der Waals surface area contributed by atoms with Crippen LogP contribution < -0.4 is 16.5 Å². The van der Waals surface area contributed by atoms with Crippen LogP contribution in [0.1, 0.15) is 12.6 Å². The molecule has 0 bridgehead atoms. The van der Waals surface area contributed by atoms with Crippen LogP contribution in [0, 0.1) is 6.92 Å². The molecule has 2 rings (SSSR count). The highest BCUT2D eigenvalue weighted by Gasteiger charge is 2.13. The Hall–Kier alpha value is -2.31. The van der Waals surface area contributed by atoms with Crippen molar-refractivity contribution in [2.75, 3.05) is 5.43 Å². The maximum Gasteiger partial charge on any atom is 0.275 e. The molecule has 0 aliphatic rings. The molecule has 90 valence electrons. The lowest BCUT2D eigenvalue weighted by Crippen LogP contribution is -2.33. The fourth-order valence-electron chi connectivity index (χ4n) is 1.79. The van der Waals surface area contributed by atoms with Crippen molar-refractivity contribution in [2.24, 2.45) is 7.05 Å². The predicted octanol–water partition coefficient (Wildman–Crippen LogP) is -0.573. The largest absolute Gasteiger partial charge is 0.295 e. The molecule has 2 aromatic heterocycles. The number of aryl methyl sites for hydroxylation is 2. The van der Waals surface area contributed by atoms with E-state index in [0.717, 1.165) is 4.68 Å². The van der Waals surface area contributed by atoms with Gasteiger partial charge in [-0.1, -0.05) is 0 Å². The average molecular weight is 236 g/mol. The van der Waals surface area contributed by atoms with Gasteiger partial charge in [-0.15, -0.1) is 0 Å². The molecule has 0 saturated carbocycles. The standard InChI is InChI=1S/C10H12N4O3/c1-5-9-7(12-13(3)10(9)17)4-8(16)14(5)11-6(2)15/h4,12H,1-3H3,(H,11,15). The van der Waals surface area contributed by atoms with Crippen molar-refractivity contribution in [3.8, 4) is 0 Å². The zero-order valence-electron chi connectivity index (χ0n) is 9.70. The van der Waals surface area contributed by atoms with Crippen LogP contribution in [0.25, 0.3) is 10.9 Å². The van der Waals surface area contributed by atoms with Gasteiger partial charge < -0.3 is 0 Å². The number of hydrogen-bond donors (Lipinski definition) is 2. The summed E-state index contributed by atoms with van der Waals surface area (Å²) in [6.45, 7) is 2.90. The van der Waals surface area contributed by atoms with Gasteiger partial charge >= 0.3 is 0 Å². The van der Waals surface area contributed by atoms with E-state index in [9.17, 15) is 14.4 Å². The van der Waals surface area contributed by atoms with Crippen molar-refractivity contribution in [3.63, 3.8) is 0 Å². The Morgan fingerprint density at radius 1 is 1.41 bits per heavy atom. The van der Waals surface area contributed by atoms with Crippen LogP contribution in [0.15, 0.2) is 15.7 Å². The van der Waals surface area contributed by atoms with Gasteiger partial charge in [0.15, 0.2) is 0 Å². The maximum atomic E-state index is 11.8. The molecule has 1 amide bonds. The van der Waals surface area contributed by atoms with Crippen molar-refractivity contribution in [1.29, 1.82) is 0 Å². The maximum absolute atomic E-state index is 11.8. The molecule has 0 radical (unpaired) electrons. The van der Waals surface area contributed by atoms with Crippen molar-refractivity contribution < 1.29 is 4.79 Å². The molecule has 17 heavy (non-hydrogen) atoms. The minimum Gasteiger partial charge on any atom is -0.295 e. The summed E-state index contributed by atoms with van der Waals surface area (Å²) in [6, 6.07) is 1.28. The number of nitrogens with one attached hydrogen (secondary N) is 2. The molecule has 0 spiro atoms. The first-order valence-corrected chi connectivity index (χ1v) is 5.00. The van der Waals surface area contributed by atoms with Crippen molar-refractivity contribution in [2.45, 2.75) is 13.8 Å². The van der Waals surface area contributed by atoms with Crippen LogP contribution in [0.2, 0.25) is 0 Å². The quantitative estimate of drug-likeness (QED) is 0.694. The normalized spacial score (nSPS) is 10.8. The molecule has 0 atom stereocenters. The van der Waals surface area contributed by atoms with E-state index in [2.05, 4.69) is 10.5 Å². The number of carbonyl (C=O) groups is 1. The lowest BCUT2D eigenvalue weighted by Gasteiger charge is -2.09. The van der Waals surface area contributed by atoms with Crippen molar-refractivity contribution >= 4 is 16.8 Å². The molecule has 7 nitrogen and oxygen atoms in total. The number of hydrogen-bond acceptors (Lipinski definition) is 3. The zero-order valence-corrected chi connectivity index (χ0v) is 9.70. The Kier molecular flexibility index (Phi) is 2.38. The van der Waals surface area contributed by atoms with Gasteiger partial charge in [-0.2, -0.15) is 0 Å². The fraction of sp³-hybridized carbons (Fsp3) is 0.300. The first kappa shape index (κ1) is 11.2. The Balaban J connectivity index is 2.87. The molecule has 7 heteroatoms. The summed E-state index contributed by atoms with van der Waals surface area (Å²) in [5.74, 6) is -0.373. The molecule has 0 aliphatic heterocycles. The second-order valence-corrected chi connectivity index (χ2v) is 3.84. The highest BCUT2D eigenvalue weighted by molar-refractivity contribution is 5.83. The molecule has 0 fully saturated rings. The van der Waals surface area contributed by atoms with E-state index >= 15 is 0 Å². The Morgan fingerprint density at radius 3 is 2.65 bits per heavy atom. The number of amides is 1. The summed E-state index contributed by atoms with van der Waals surface area (Å²) in [5, 5.41) is 3.16. The van der Waals surface area contributed by atoms with Gasteiger partial charge in [0.05, 0.1) is 16.6 Å². The highest BCUT2D eigenvalue weighted by Crippen LogP contribution is 2.08. The molecular formula is C10H12N4O3. The number of H-pyrrole nitrogens is 1. The first-order chi connectivity index (χ1) is 7.91. The lowest BCUT2D eigenvalue weighted by molar-refractivity contribution is -0.115. The van der Waals surface area contributed by atoms with Gasteiger partial charge in [0.25, 0.3) is 11.1 Å². The minimum atomic E-state index is -0.396. The van der Waals surface area contributed by atoms with Gasteiger partial charge in [0.2, 0.25) is 5.91 Å². The van der Waals surface area contributed by atoms with Gasteiger partial charge in [0.1, 0.15) is 0 Å². The van der Waals surface area contributed by atoms with E-state index < -0.39 is 5.56 Å². The second-order valence-electron chi connectivity index (χ2n) is 3.84. The number of aromatic amines is 1. The van der Waals surface area contributed by atoms with Gasteiger partial charge in [-0.3, -0.25) is 29.6 Å².